The number of nitrogens with one attached hydrogen (secondary N) is 1. The molecule has 1 unspecified atom stereocenters. The van der Waals surface area contributed by atoms with Crippen LogP contribution in [0.1, 0.15) is 23.7 Å². The number of hydrogen-bond donors (Lipinski definition) is 1. The SMILES string of the molecule is CCC1C(=O)NCCN1C(=O)c1ccc(F)c([N+](=O)[O-])c1. The Morgan fingerprint density at radius 2 is 2.29 bits per heavy atom. The Bertz CT molecular complexity index is 605. The van der Waals surface area contributed by atoms with Crippen LogP contribution >= 0.6 is 0 Å². The summed E-state index contributed by atoms with van der Waals surface area (Å²) in [4.78, 5) is 35.3. The fraction of sp³-hybridized carbons (Fsp3) is 0.385. The summed E-state index contributed by atoms with van der Waals surface area (Å²) in [7, 11) is 0. The maximum Gasteiger partial charge on any atom is 0.305 e. The van der Waals surface area contributed by atoms with Gasteiger partial charge in [-0.3, -0.25) is 19.7 Å². The molecule has 1 heterocycles. The van der Waals surface area contributed by atoms with Crippen molar-refractivity contribution in [3.05, 3.63) is 39.7 Å². The predicted octanol–water partition coefficient (Wildman–Crippen LogP) is 1.08. The van der Waals surface area contributed by atoms with E-state index in [9.17, 15) is 24.1 Å². The standard InChI is InChI=1S/C13H14FN3O4/c1-2-10-12(18)15-5-6-16(10)13(19)8-3-4-9(14)11(7-8)17(20)21/h3-4,7,10H,2,5-6H2,1H3,(H,15,18). The third-order valence-electron chi connectivity index (χ3n) is 3.37. The zero-order valence-corrected chi connectivity index (χ0v) is 11.3. The lowest BCUT2D eigenvalue weighted by molar-refractivity contribution is -0.387. The molecule has 8 heteroatoms. The molecule has 112 valence electrons. The molecule has 1 aliphatic heterocycles. The molecule has 0 aliphatic carbocycles. The first-order valence-electron chi connectivity index (χ1n) is 6.48. The number of halogens is 1. The zero-order chi connectivity index (χ0) is 15.6. The van der Waals surface area contributed by atoms with Gasteiger partial charge in [0.05, 0.1) is 4.92 Å². The number of hydrogen-bond acceptors (Lipinski definition) is 4. The number of piperazine rings is 1. The average molecular weight is 295 g/mol. The van der Waals surface area contributed by atoms with E-state index >= 15 is 0 Å². The lowest BCUT2D eigenvalue weighted by Crippen LogP contribution is -2.56. The van der Waals surface area contributed by atoms with Crippen molar-refractivity contribution in [1.82, 2.24) is 10.2 Å². The van der Waals surface area contributed by atoms with Gasteiger partial charge >= 0.3 is 5.69 Å². The molecule has 7 nitrogen and oxygen atoms in total. The maximum absolute atomic E-state index is 13.3. The number of carbonyl (C=O) groups is 2. The van der Waals surface area contributed by atoms with E-state index in [2.05, 4.69) is 5.32 Å². The van der Waals surface area contributed by atoms with Crippen LogP contribution in [0.5, 0.6) is 0 Å². The highest BCUT2D eigenvalue weighted by atomic mass is 19.1. The molecule has 1 fully saturated rings. The van der Waals surface area contributed by atoms with Gasteiger partial charge in [0.2, 0.25) is 11.7 Å². The first-order chi connectivity index (χ1) is 9.95. The lowest BCUT2D eigenvalue weighted by Gasteiger charge is -2.34. The third kappa shape index (κ3) is 2.83. The van der Waals surface area contributed by atoms with Gasteiger partial charge in [-0.1, -0.05) is 6.92 Å². The van der Waals surface area contributed by atoms with Crippen molar-refractivity contribution in [2.75, 3.05) is 13.1 Å². The van der Waals surface area contributed by atoms with Crippen molar-refractivity contribution < 1.29 is 18.9 Å². The summed E-state index contributed by atoms with van der Waals surface area (Å²) in [5.74, 6) is -1.77. The molecule has 0 aromatic heterocycles. The van der Waals surface area contributed by atoms with E-state index in [0.717, 1.165) is 12.1 Å². The summed E-state index contributed by atoms with van der Waals surface area (Å²) in [6.45, 7) is 2.40. The number of nitro benzene ring substituents is 1. The summed E-state index contributed by atoms with van der Waals surface area (Å²) in [5, 5.41) is 13.4. The molecular weight excluding hydrogens is 281 g/mol. The molecule has 1 atom stereocenters. The molecule has 1 aromatic rings. The molecule has 2 rings (SSSR count). The molecule has 1 aliphatic rings. The number of benzene rings is 1. The zero-order valence-electron chi connectivity index (χ0n) is 11.3. The van der Waals surface area contributed by atoms with Gasteiger partial charge < -0.3 is 10.2 Å². The third-order valence-corrected chi connectivity index (χ3v) is 3.37. The Labute approximate surface area is 119 Å². The van der Waals surface area contributed by atoms with Crippen LogP contribution in [0.4, 0.5) is 10.1 Å². The van der Waals surface area contributed by atoms with Crippen LogP contribution in [-0.4, -0.2) is 40.8 Å². The Hall–Kier alpha value is -2.51. The topological polar surface area (TPSA) is 92.6 Å². The Kier molecular flexibility index (Phi) is 4.15. The second kappa shape index (κ2) is 5.86. The highest BCUT2D eigenvalue weighted by Gasteiger charge is 2.32. The molecule has 21 heavy (non-hydrogen) atoms. The van der Waals surface area contributed by atoms with Crippen molar-refractivity contribution >= 4 is 17.5 Å². The molecule has 0 saturated carbocycles. The second-order valence-corrected chi connectivity index (χ2v) is 4.64. The van der Waals surface area contributed by atoms with Crippen LogP contribution in [0.2, 0.25) is 0 Å². The van der Waals surface area contributed by atoms with E-state index in [4.69, 9.17) is 0 Å². The molecule has 1 saturated heterocycles. The second-order valence-electron chi connectivity index (χ2n) is 4.64. The normalized spacial score (nSPS) is 18.3. The van der Waals surface area contributed by atoms with Crippen molar-refractivity contribution in [2.24, 2.45) is 0 Å². The predicted molar refractivity (Wildman–Crippen MR) is 71.2 cm³/mol. The minimum Gasteiger partial charge on any atom is -0.353 e. The Morgan fingerprint density at radius 3 is 2.90 bits per heavy atom. The molecule has 0 bridgehead atoms. The Balaban J connectivity index is 2.33. The molecule has 1 N–H and O–H groups in total. The van der Waals surface area contributed by atoms with E-state index in [1.807, 2.05) is 0 Å². The summed E-state index contributed by atoms with van der Waals surface area (Å²) < 4.78 is 13.3. The van der Waals surface area contributed by atoms with Crippen molar-refractivity contribution in [2.45, 2.75) is 19.4 Å². The fourth-order valence-corrected chi connectivity index (χ4v) is 2.32. The van der Waals surface area contributed by atoms with E-state index in [-0.39, 0.29) is 11.5 Å². The van der Waals surface area contributed by atoms with Gasteiger partial charge in [-0.15, -0.1) is 0 Å². The number of nitrogens with zero attached hydrogens (tertiary/aromatic N) is 2. The van der Waals surface area contributed by atoms with Gasteiger partial charge in [-0.2, -0.15) is 4.39 Å². The quantitative estimate of drug-likeness (QED) is 0.667. The minimum absolute atomic E-state index is 0.00347. The Morgan fingerprint density at radius 1 is 1.57 bits per heavy atom. The molecule has 2 amide bonds. The summed E-state index contributed by atoms with van der Waals surface area (Å²) in [6.07, 6.45) is 0.431. The van der Waals surface area contributed by atoms with Gasteiger partial charge in [-0.25, -0.2) is 0 Å². The van der Waals surface area contributed by atoms with Crippen LogP contribution < -0.4 is 5.32 Å². The highest BCUT2D eigenvalue weighted by Crippen LogP contribution is 2.21. The van der Waals surface area contributed by atoms with Crippen molar-refractivity contribution in [3.63, 3.8) is 0 Å². The minimum atomic E-state index is -1.00. The van der Waals surface area contributed by atoms with Crippen LogP contribution in [0, 0.1) is 15.9 Å². The van der Waals surface area contributed by atoms with Gasteiger partial charge in [0.15, 0.2) is 0 Å². The van der Waals surface area contributed by atoms with E-state index < -0.39 is 28.4 Å². The number of amides is 2. The van der Waals surface area contributed by atoms with Crippen molar-refractivity contribution in [3.8, 4) is 0 Å². The largest absolute Gasteiger partial charge is 0.353 e. The molecule has 0 radical (unpaired) electrons. The summed E-state index contributed by atoms with van der Waals surface area (Å²) >= 11 is 0. The number of rotatable bonds is 3. The average Bonchev–Trinajstić information content (AvgIpc) is 2.46. The first kappa shape index (κ1) is 14.9. The van der Waals surface area contributed by atoms with Gasteiger partial charge in [-0.05, 0) is 18.6 Å². The molecule has 0 spiro atoms. The van der Waals surface area contributed by atoms with Gasteiger partial charge in [0, 0.05) is 24.7 Å². The highest BCUT2D eigenvalue weighted by molar-refractivity contribution is 5.98. The first-order valence-corrected chi connectivity index (χ1v) is 6.48. The number of carbonyl (C=O) groups excluding carboxylic acids is 2. The van der Waals surface area contributed by atoms with Gasteiger partial charge in [0.1, 0.15) is 6.04 Å². The van der Waals surface area contributed by atoms with Crippen molar-refractivity contribution in [1.29, 1.82) is 0 Å². The summed E-state index contributed by atoms with van der Waals surface area (Å²) in [5.41, 5.74) is -0.758. The van der Waals surface area contributed by atoms with E-state index in [1.54, 1.807) is 6.92 Å². The molecule has 1 aromatic carbocycles. The van der Waals surface area contributed by atoms with Crippen LogP contribution in [0.15, 0.2) is 18.2 Å². The fourth-order valence-electron chi connectivity index (χ4n) is 2.32. The van der Waals surface area contributed by atoms with Gasteiger partial charge in [0.25, 0.3) is 5.91 Å². The lowest BCUT2D eigenvalue weighted by atomic mass is 10.1. The van der Waals surface area contributed by atoms with Crippen LogP contribution in [-0.2, 0) is 4.79 Å². The van der Waals surface area contributed by atoms with Crippen LogP contribution in [0.3, 0.4) is 0 Å². The smallest absolute Gasteiger partial charge is 0.305 e. The van der Waals surface area contributed by atoms with E-state index in [1.165, 1.54) is 11.0 Å². The van der Waals surface area contributed by atoms with E-state index in [0.29, 0.717) is 19.5 Å². The number of nitro groups is 1. The monoisotopic (exact) mass is 295 g/mol. The van der Waals surface area contributed by atoms with Crippen LogP contribution in [0.25, 0.3) is 0 Å². The molecular formula is C13H14FN3O4. The summed E-state index contributed by atoms with van der Waals surface area (Å²) in [6, 6.07) is 2.35. The maximum atomic E-state index is 13.3.